The maximum Gasteiger partial charge on any atom is 0.226 e. The molecule has 2 rings (SSSR count). The molecule has 0 aliphatic carbocycles. The van der Waals surface area contributed by atoms with Gasteiger partial charge in [0, 0.05) is 24.3 Å². The van der Waals surface area contributed by atoms with Crippen molar-refractivity contribution in [1.82, 2.24) is 0 Å². The van der Waals surface area contributed by atoms with Crippen LogP contribution in [-0.4, -0.2) is 12.5 Å². The van der Waals surface area contributed by atoms with Crippen molar-refractivity contribution in [1.29, 1.82) is 0 Å². The topological polar surface area (TPSA) is 41.1 Å². The molecule has 0 fully saturated rings. The van der Waals surface area contributed by atoms with Crippen LogP contribution in [0.3, 0.4) is 0 Å². The Bertz CT molecular complexity index is 677. The van der Waals surface area contributed by atoms with Crippen molar-refractivity contribution in [2.75, 3.05) is 17.2 Å². The highest BCUT2D eigenvalue weighted by Gasteiger charge is 2.06. The number of amides is 1. The van der Waals surface area contributed by atoms with E-state index in [1.165, 1.54) is 16.7 Å². The molecule has 2 aromatic carbocycles. The molecule has 2 aromatic rings. The molecule has 0 saturated heterocycles. The Hall–Kier alpha value is -2.29. The van der Waals surface area contributed by atoms with E-state index >= 15 is 0 Å². The molecule has 0 heterocycles. The molecule has 0 atom stereocenters. The Labute approximate surface area is 132 Å². The lowest BCUT2D eigenvalue weighted by atomic mass is 10.1. The van der Waals surface area contributed by atoms with E-state index in [-0.39, 0.29) is 5.91 Å². The van der Waals surface area contributed by atoms with Crippen LogP contribution in [0, 0.1) is 27.7 Å². The van der Waals surface area contributed by atoms with Gasteiger partial charge in [-0.2, -0.15) is 0 Å². The quantitative estimate of drug-likeness (QED) is 0.860. The third kappa shape index (κ3) is 4.10. The zero-order valence-corrected chi connectivity index (χ0v) is 13.8. The van der Waals surface area contributed by atoms with E-state index in [1.807, 2.05) is 32.0 Å². The van der Waals surface area contributed by atoms with Crippen molar-refractivity contribution in [2.24, 2.45) is 0 Å². The van der Waals surface area contributed by atoms with E-state index < -0.39 is 0 Å². The van der Waals surface area contributed by atoms with E-state index in [0.29, 0.717) is 13.0 Å². The number of carbonyl (C=O) groups excluding carboxylic acids is 1. The Morgan fingerprint density at radius 3 is 2.50 bits per heavy atom. The normalized spacial score (nSPS) is 10.4. The molecular weight excluding hydrogens is 272 g/mol. The van der Waals surface area contributed by atoms with Crippen molar-refractivity contribution >= 4 is 17.3 Å². The van der Waals surface area contributed by atoms with Crippen LogP contribution in [0.25, 0.3) is 0 Å². The van der Waals surface area contributed by atoms with Gasteiger partial charge in [0.1, 0.15) is 0 Å². The van der Waals surface area contributed by atoms with Gasteiger partial charge < -0.3 is 10.6 Å². The van der Waals surface area contributed by atoms with Crippen LogP contribution in [0.5, 0.6) is 0 Å². The van der Waals surface area contributed by atoms with Gasteiger partial charge in [0.15, 0.2) is 0 Å². The van der Waals surface area contributed by atoms with Gasteiger partial charge in [-0.3, -0.25) is 4.79 Å². The summed E-state index contributed by atoms with van der Waals surface area (Å²) in [4.78, 5) is 12.1. The molecule has 22 heavy (non-hydrogen) atoms. The summed E-state index contributed by atoms with van der Waals surface area (Å²) in [5.41, 5.74) is 6.72. The van der Waals surface area contributed by atoms with Gasteiger partial charge in [0.2, 0.25) is 5.91 Å². The number of carbonyl (C=O) groups is 1. The third-order valence-electron chi connectivity index (χ3n) is 3.94. The Morgan fingerprint density at radius 1 is 0.955 bits per heavy atom. The standard InChI is InChI=1S/C19H24N2O/c1-13-8-9-15(3)18(12-13)20-11-10-19(22)21-17-7-5-6-14(2)16(17)4/h5-9,12,20H,10-11H2,1-4H3,(H,21,22). The second-order valence-corrected chi connectivity index (χ2v) is 5.79. The lowest BCUT2D eigenvalue weighted by Gasteiger charge is -2.12. The van der Waals surface area contributed by atoms with E-state index in [2.05, 4.69) is 42.7 Å². The summed E-state index contributed by atoms with van der Waals surface area (Å²) >= 11 is 0. The van der Waals surface area contributed by atoms with Gasteiger partial charge in [-0.05, 0) is 62.1 Å². The van der Waals surface area contributed by atoms with Crippen LogP contribution in [0.4, 0.5) is 11.4 Å². The molecule has 0 bridgehead atoms. The Morgan fingerprint density at radius 2 is 1.73 bits per heavy atom. The minimum absolute atomic E-state index is 0.0338. The molecule has 0 aromatic heterocycles. The minimum atomic E-state index is 0.0338. The van der Waals surface area contributed by atoms with Gasteiger partial charge in [0.05, 0.1) is 0 Å². The number of hydrogen-bond donors (Lipinski definition) is 2. The molecule has 0 radical (unpaired) electrons. The maximum absolute atomic E-state index is 12.1. The van der Waals surface area contributed by atoms with Gasteiger partial charge in [-0.15, -0.1) is 0 Å². The first-order valence-electron chi connectivity index (χ1n) is 7.64. The fourth-order valence-electron chi connectivity index (χ4n) is 2.34. The first kappa shape index (κ1) is 16.1. The summed E-state index contributed by atoms with van der Waals surface area (Å²) in [7, 11) is 0. The monoisotopic (exact) mass is 296 g/mol. The van der Waals surface area contributed by atoms with Gasteiger partial charge in [-0.25, -0.2) is 0 Å². The summed E-state index contributed by atoms with van der Waals surface area (Å²) in [5, 5.41) is 6.32. The van der Waals surface area contributed by atoms with Crippen molar-refractivity contribution in [2.45, 2.75) is 34.1 Å². The molecule has 1 amide bonds. The Balaban J connectivity index is 1.88. The average molecular weight is 296 g/mol. The molecule has 0 aliphatic heterocycles. The van der Waals surface area contributed by atoms with E-state index in [4.69, 9.17) is 0 Å². The van der Waals surface area contributed by atoms with Crippen LogP contribution in [0.15, 0.2) is 36.4 Å². The summed E-state index contributed by atoms with van der Waals surface area (Å²) in [5.74, 6) is 0.0338. The molecule has 3 heteroatoms. The van der Waals surface area contributed by atoms with Crippen molar-refractivity contribution < 1.29 is 4.79 Å². The number of aryl methyl sites for hydroxylation is 3. The largest absolute Gasteiger partial charge is 0.384 e. The molecule has 0 saturated carbocycles. The number of rotatable bonds is 5. The zero-order chi connectivity index (χ0) is 16.1. The van der Waals surface area contributed by atoms with Gasteiger partial charge in [0.25, 0.3) is 0 Å². The molecule has 116 valence electrons. The highest BCUT2D eigenvalue weighted by atomic mass is 16.1. The first-order chi connectivity index (χ1) is 10.5. The number of nitrogens with one attached hydrogen (secondary N) is 2. The van der Waals surface area contributed by atoms with Crippen LogP contribution < -0.4 is 10.6 Å². The number of anilines is 2. The van der Waals surface area contributed by atoms with Crippen molar-refractivity contribution in [3.05, 3.63) is 58.7 Å². The van der Waals surface area contributed by atoms with E-state index in [1.54, 1.807) is 0 Å². The molecule has 3 nitrogen and oxygen atoms in total. The summed E-state index contributed by atoms with van der Waals surface area (Å²) in [6.45, 7) is 8.84. The Kier molecular flexibility index (Phi) is 5.21. The molecule has 0 aliphatic rings. The fraction of sp³-hybridized carbons (Fsp3) is 0.316. The van der Waals surface area contributed by atoms with Crippen LogP contribution in [0.2, 0.25) is 0 Å². The minimum Gasteiger partial charge on any atom is -0.384 e. The van der Waals surface area contributed by atoms with Gasteiger partial charge in [-0.1, -0.05) is 24.3 Å². The molecule has 2 N–H and O–H groups in total. The van der Waals surface area contributed by atoms with Crippen molar-refractivity contribution in [3.63, 3.8) is 0 Å². The summed E-state index contributed by atoms with van der Waals surface area (Å²) in [6, 6.07) is 12.2. The van der Waals surface area contributed by atoms with E-state index in [0.717, 1.165) is 16.9 Å². The second-order valence-electron chi connectivity index (χ2n) is 5.79. The molecular formula is C19H24N2O. The lowest BCUT2D eigenvalue weighted by molar-refractivity contribution is -0.115. The van der Waals surface area contributed by atoms with Crippen LogP contribution >= 0.6 is 0 Å². The number of hydrogen-bond acceptors (Lipinski definition) is 2. The van der Waals surface area contributed by atoms with Crippen LogP contribution in [-0.2, 0) is 4.79 Å². The van der Waals surface area contributed by atoms with E-state index in [9.17, 15) is 4.79 Å². The highest BCUT2D eigenvalue weighted by Crippen LogP contribution is 2.18. The fourth-order valence-corrected chi connectivity index (χ4v) is 2.34. The SMILES string of the molecule is Cc1ccc(C)c(NCCC(=O)Nc2cccc(C)c2C)c1. The molecule has 0 spiro atoms. The third-order valence-corrected chi connectivity index (χ3v) is 3.94. The van der Waals surface area contributed by atoms with Gasteiger partial charge >= 0.3 is 0 Å². The predicted octanol–water partition coefficient (Wildman–Crippen LogP) is 4.36. The average Bonchev–Trinajstić information content (AvgIpc) is 2.47. The van der Waals surface area contributed by atoms with Crippen LogP contribution in [0.1, 0.15) is 28.7 Å². The molecule has 0 unspecified atom stereocenters. The first-order valence-corrected chi connectivity index (χ1v) is 7.64. The maximum atomic E-state index is 12.1. The lowest BCUT2D eigenvalue weighted by Crippen LogP contribution is -2.17. The summed E-state index contributed by atoms with van der Waals surface area (Å²) in [6.07, 6.45) is 0.445. The summed E-state index contributed by atoms with van der Waals surface area (Å²) < 4.78 is 0. The second kappa shape index (κ2) is 7.12. The smallest absolute Gasteiger partial charge is 0.226 e. The predicted molar refractivity (Wildman–Crippen MR) is 93.6 cm³/mol. The zero-order valence-electron chi connectivity index (χ0n) is 13.8. The highest BCUT2D eigenvalue weighted by molar-refractivity contribution is 5.91. The van der Waals surface area contributed by atoms with Crippen molar-refractivity contribution in [3.8, 4) is 0 Å². The number of benzene rings is 2.